The van der Waals surface area contributed by atoms with Crippen LogP contribution in [-0.4, -0.2) is 17.3 Å². The second-order valence-corrected chi connectivity index (χ2v) is 5.50. The van der Waals surface area contributed by atoms with Crippen LogP contribution in [0.5, 0.6) is 0 Å². The molecular weight excluding hydrogens is 266 g/mol. The lowest BCUT2D eigenvalue weighted by Crippen LogP contribution is -2.37. The van der Waals surface area contributed by atoms with E-state index < -0.39 is 0 Å². The molecule has 1 amide bonds. The number of nitrogens with zero attached hydrogens (tertiary/aromatic N) is 1. The highest BCUT2D eigenvalue weighted by molar-refractivity contribution is 9.10. The summed E-state index contributed by atoms with van der Waals surface area (Å²) < 4.78 is 0. The minimum Gasteiger partial charge on any atom is -0.311 e. The monoisotopic (exact) mass is 281 g/mol. The number of amides is 1. The lowest BCUT2D eigenvalue weighted by Gasteiger charge is -2.22. The number of benzene rings is 1. The number of alkyl halides is 1. The highest BCUT2D eigenvalue weighted by Crippen LogP contribution is 2.29. The molecule has 16 heavy (non-hydrogen) atoms. The van der Waals surface area contributed by atoms with Gasteiger partial charge in [-0.2, -0.15) is 0 Å². The first-order chi connectivity index (χ1) is 7.61. The van der Waals surface area contributed by atoms with E-state index in [4.69, 9.17) is 0 Å². The van der Waals surface area contributed by atoms with Gasteiger partial charge < -0.3 is 4.90 Å². The minimum atomic E-state index is -0.0846. The number of hydrogen-bond acceptors (Lipinski definition) is 1. The van der Waals surface area contributed by atoms with E-state index in [2.05, 4.69) is 35.8 Å². The topological polar surface area (TPSA) is 20.3 Å². The largest absolute Gasteiger partial charge is 0.311 e. The molecule has 0 aliphatic carbocycles. The van der Waals surface area contributed by atoms with E-state index in [1.807, 2.05) is 23.1 Å². The SMILES string of the molecule is CC(C)[C@H](Br)C(=O)N1CCc2ccccc21. The Morgan fingerprint density at radius 3 is 2.75 bits per heavy atom. The van der Waals surface area contributed by atoms with Gasteiger partial charge in [0.25, 0.3) is 0 Å². The molecule has 0 fully saturated rings. The average Bonchev–Trinajstić information content (AvgIpc) is 2.70. The first-order valence-electron chi connectivity index (χ1n) is 5.64. The predicted molar refractivity (Wildman–Crippen MR) is 70.1 cm³/mol. The Kier molecular flexibility index (Phi) is 3.33. The summed E-state index contributed by atoms with van der Waals surface area (Å²) in [5.74, 6) is 0.500. The van der Waals surface area contributed by atoms with Gasteiger partial charge in [-0.3, -0.25) is 4.79 Å². The molecule has 0 N–H and O–H groups in total. The third-order valence-electron chi connectivity index (χ3n) is 2.97. The molecule has 1 aliphatic rings. The molecule has 0 unspecified atom stereocenters. The van der Waals surface area contributed by atoms with E-state index in [1.165, 1.54) is 5.56 Å². The second-order valence-electron chi connectivity index (χ2n) is 4.51. The zero-order chi connectivity index (χ0) is 11.7. The third-order valence-corrected chi connectivity index (χ3v) is 4.42. The lowest BCUT2D eigenvalue weighted by molar-refractivity contribution is -0.118. The van der Waals surface area contributed by atoms with Gasteiger partial charge >= 0.3 is 0 Å². The van der Waals surface area contributed by atoms with Crippen LogP contribution in [0.15, 0.2) is 24.3 Å². The molecule has 1 aromatic carbocycles. The average molecular weight is 282 g/mol. The maximum Gasteiger partial charge on any atom is 0.241 e. The van der Waals surface area contributed by atoms with Crippen LogP contribution in [0.4, 0.5) is 5.69 Å². The molecule has 0 saturated carbocycles. The Bertz CT molecular complexity index is 403. The summed E-state index contributed by atoms with van der Waals surface area (Å²) in [5, 5.41) is 0. The van der Waals surface area contributed by atoms with Crippen molar-refractivity contribution >= 4 is 27.5 Å². The van der Waals surface area contributed by atoms with Crippen LogP contribution in [0.1, 0.15) is 19.4 Å². The van der Waals surface area contributed by atoms with Crippen LogP contribution >= 0.6 is 15.9 Å². The molecule has 86 valence electrons. The summed E-state index contributed by atoms with van der Waals surface area (Å²) in [6.07, 6.45) is 0.972. The molecule has 1 aromatic rings. The highest BCUT2D eigenvalue weighted by atomic mass is 79.9. The summed E-state index contributed by atoms with van der Waals surface area (Å²) in [6.45, 7) is 4.92. The molecule has 1 aliphatic heterocycles. The van der Waals surface area contributed by atoms with Gasteiger partial charge in [0.1, 0.15) is 0 Å². The van der Waals surface area contributed by atoms with E-state index in [0.29, 0.717) is 5.92 Å². The number of fused-ring (bicyclic) bond motifs is 1. The Balaban J connectivity index is 2.22. The van der Waals surface area contributed by atoms with Crippen LogP contribution in [-0.2, 0) is 11.2 Å². The normalized spacial score (nSPS) is 16.4. The molecule has 2 nitrogen and oxygen atoms in total. The molecule has 1 atom stereocenters. The van der Waals surface area contributed by atoms with Gasteiger partial charge in [-0.05, 0) is 24.0 Å². The molecule has 0 spiro atoms. The Hall–Kier alpha value is -0.830. The van der Waals surface area contributed by atoms with Crippen LogP contribution < -0.4 is 4.90 Å². The molecule has 2 rings (SSSR count). The number of carbonyl (C=O) groups excluding carboxylic acids is 1. The number of halogens is 1. The summed E-state index contributed by atoms with van der Waals surface area (Å²) in [6, 6.07) is 8.14. The zero-order valence-corrected chi connectivity index (χ0v) is 11.2. The van der Waals surface area contributed by atoms with Crippen molar-refractivity contribution < 1.29 is 4.79 Å². The Morgan fingerprint density at radius 1 is 1.38 bits per heavy atom. The smallest absolute Gasteiger partial charge is 0.241 e. The molecule has 0 radical (unpaired) electrons. The van der Waals surface area contributed by atoms with Crippen molar-refractivity contribution in [1.29, 1.82) is 0 Å². The minimum absolute atomic E-state index is 0.0846. The van der Waals surface area contributed by atoms with Crippen molar-refractivity contribution in [3.63, 3.8) is 0 Å². The van der Waals surface area contributed by atoms with Crippen molar-refractivity contribution in [1.82, 2.24) is 0 Å². The predicted octanol–water partition coefficient (Wildman–Crippen LogP) is 3.00. The van der Waals surface area contributed by atoms with Crippen molar-refractivity contribution in [2.24, 2.45) is 5.92 Å². The summed E-state index contributed by atoms with van der Waals surface area (Å²) in [4.78, 5) is 14.0. The number of carbonyl (C=O) groups is 1. The van der Waals surface area contributed by atoms with Crippen molar-refractivity contribution in [3.05, 3.63) is 29.8 Å². The van der Waals surface area contributed by atoms with Gasteiger partial charge in [-0.1, -0.05) is 48.0 Å². The van der Waals surface area contributed by atoms with Gasteiger partial charge in [0.05, 0.1) is 4.83 Å². The van der Waals surface area contributed by atoms with Gasteiger partial charge in [-0.15, -0.1) is 0 Å². The summed E-state index contributed by atoms with van der Waals surface area (Å²) in [7, 11) is 0. The molecule has 1 heterocycles. The molecule has 3 heteroatoms. The van der Waals surface area contributed by atoms with Crippen molar-refractivity contribution in [2.45, 2.75) is 25.1 Å². The number of anilines is 1. The Morgan fingerprint density at radius 2 is 2.06 bits per heavy atom. The second kappa shape index (κ2) is 4.58. The third kappa shape index (κ3) is 2.01. The van der Waals surface area contributed by atoms with Crippen LogP contribution in [0, 0.1) is 5.92 Å². The van der Waals surface area contributed by atoms with E-state index in [0.717, 1.165) is 18.7 Å². The standard InChI is InChI=1S/C13H16BrNO/c1-9(2)12(14)13(16)15-8-7-10-5-3-4-6-11(10)15/h3-6,9,12H,7-8H2,1-2H3/t12-/m0/s1. The van der Waals surface area contributed by atoms with E-state index >= 15 is 0 Å². The molecule has 0 aromatic heterocycles. The molecule has 0 saturated heterocycles. The summed E-state index contributed by atoms with van der Waals surface area (Å²) in [5.41, 5.74) is 2.36. The van der Waals surface area contributed by atoms with Crippen molar-refractivity contribution in [2.75, 3.05) is 11.4 Å². The van der Waals surface area contributed by atoms with Crippen molar-refractivity contribution in [3.8, 4) is 0 Å². The molecule has 0 bridgehead atoms. The first kappa shape index (κ1) is 11.6. The fourth-order valence-corrected chi connectivity index (χ4v) is 2.25. The van der Waals surface area contributed by atoms with Gasteiger partial charge in [0.15, 0.2) is 0 Å². The van der Waals surface area contributed by atoms with Crippen LogP contribution in [0.2, 0.25) is 0 Å². The maximum absolute atomic E-state index is 12.2. The van der Waals surface area contributed by atoms with Gasteiger partial charge in [-0.25, -0.2) is 0 Å². The molecular formula is C13H16BrNO. The lowest BCUT2D eigenvalue weighted by atomic mass is 10.1. The summed E-state index contributed by atoms with van der Waals surface area (Å²) >= 11 is 3.48. The van der Waals surface area contributed by atoms with Gasteiger partial charge in [0, 0.05) is 12.2 Å². The highest BCUT2D eigenvalue weighted by Gasteiger charge is 2.29. The van der Waals surface area contributed by atoms with E-state index in [9.17, 15) is 4.79 Å². The number of hydrogen-bond donors (Lipinski definition) is 0. The van der Waals surface area contributed by atoms with E-state index in [-0.39, 0.29) is 10.7 Å². The fourth-order valence-electron chi connectivity index (χ4n) is 2.00. The Labute approximate surface area is 105 Å². The van der Waals surface area contributed by atoms with Crippen LogP contribution in [0.3, 0.4) is 0 Å². The van der Waals surface area contributed by atoms with Gasteiger partial charge in [0.2, 0.25) is 5.91 Å². The fraction of sp³-hybridized carbons (Fsp3) is 0.462. The van der Waals surface area contributed by atoms with Crippen LogP contribution in [0.25, 0.3) is 0 Å². The number of rotatable bonds is 2. The van der Waals surface area contributed by atoms with E-state index in [1.54, 1.807) is 0 Å². The number of para-hydroxylation sites is 1. The first-order valence-corrected chi connectivity index (χ1v) is 6.56. The quantitative estimate of drug-likeness (QED) is 0.764. The zero-order valence-electron chi connectivity index (χ0n) is 9.61. The maximum atomic E-state index is 12.2.